The van der Waals surface area contributed by atoms with Crippen LogP contribution in [0.4, 0.5) is 8.78 Å². The molecule has 1 saturated heterocycles. The molecule has 1 heterocycles. The molecule has 18 heavy (non-hydrogen) atoms. The number of likely N-dealkylation sites (tertiary alicyclic amines) is 1. The molecule has 0 aliphatic carbocycles. The van der Waals surface area contributed by atoms with E-state index in [1.165, 1.54) is 4.90 Å². The van der Waals surface area contributed by atoms with Gasteiger partial charge in [-0.2, -0.15) is 0 Å². The molecule has 1 fully saturated rings. The topological polar surface area (TPSA) is 40.5 Å². The van der Waals surface area contributed by atoms with Crippen molar-refractivity contribution in [2.75, 3.05) is 13.2 Å². The van der Waals surface area contributed by atoms with Crippen LogP contribution in [-0.2, 0) is 0 Å². The first-order chi connectivity index (χ1) is 8.54. The predicted octanol–water partition coefficient (Wildman–Crippen LogP) is 2.22. The second-order valence-electron chi connectivity index (χ2n) is 4.22. The van der Waals surface area contributed by atoms with Gasteiger partial charge in [-0.25, -0.2) is 8.78 Å². The summed E-state index contributed by atoms with van der Waals surface area (Å²) in [6.45, 7) is 0.340. The van der Waals surface area contributed by atoms with Crippen molar-refractivity contribution in [3.05, 3.63) is 34.4 Å². The smallest absolute Gasteiger partial charge is 0.255 e. The summed E-state index contributed by atoms with van der Waals surface area (Å²) in [7, 11) is 0. The molecule has 1 atom stereocenters. The van der Waals surface area contributed by atoms with Gasteiger partial charge in [-0.1, -0.05) is 11.6 Å². The van der Waals surface area contributed by atoms with Gasteiger partial charge >= 0.3 is 0 Å². The van der Waals surface area contributed by atoms with Crippen molar-refractivity contribution >= 4 is 17.5 Å². The lowest BCUT2D eigenvalue weighted by atomic mass is 10.1. The number of carbonyl (C=O) groups excluding carboxylic acids is 1. The maximum atomic E-state index is 13.1. The van der Waals surface area contributed by atoms with E-state index in [0.29, 0.717) is 13.0 Å². The molecule has 1 N–H and O–H groups in total. The number of nitrogens with zero attached hydrogens (tertiary/aromatic N) is 1. The molecule has 0 aromatic heterocycles. The fourth-order valence-corrected chi connectivity index (χ4v) is 2.37. The fourth-order valence-electron chi connectivity index (χ4n) is 2.13. The molecule has 0 saturated carbocycles. The zero-order valence-electron chi connectivity index (χ0n) is 9.50. The molecule has 0 radical (unpaired) electrons. The summed E-state index contributed by atoms with van der Waals surface area (Å²) in [5.41, 5.74) is -0.0732. The molecule has 1 aromatic rings. The Kier molecular flexibility index (Phi) is 3.82. The number of carbonyl (C=O) groups is 1. The first-order valence-corrected chi connectivity index (χ1v) is 5.98. The van der Waals surface area contributed by atoms with Crippen molar-refractivity contribution in [3.8, 4) is 0 Å². The molecule has 0 spiro atoms. The normalized spacial score (nSPS) is 19.3. The summed E-state index contributed by atoms with van der Waals surface area (Å²) in [6.07, 6.45) is 1.47. The third kappa shape index (κ3) is 2.33. The van der Waals surface area contributed by atoms with Gasteiger partial charge in [-0.15, -0.1) is 0 Å². The minimum Gasteiger partial charge on any atom is -0.394 e. The molecule has 2 rings (SSSR count). The summed E-state index contributed by atoms with van der Waals surface area (Å²) in [4.78, 5) is 13.6. The predicted molar refractivity (Wildman–Crippen MR) is 62.5 cm³/mol. The van der Waals surface area contributed by atoms with E-state index in [1.807, 2.05) is 0 Å². The summed E-state index contributed by atoms with van der Waals surface area (Å²) < 4.78 is 26.1. The van der Waals surface area contributed by atoms with Crippen LogP contribution in [0.3, 0.4) is 0 Å². The van der Waals surface area contributed by atoms with Gasteiger partial charge in [-0.05, 0) is 25.0 Å². The molecule has 1 aromatic carbocycles. The maximum Gasteiger partial charge on any atom is 0.255 e. The van der Waals surface area contributed by atoms with E-state index >= 15 is 0 Å². The second kappa shape index (κ2) is 5.20. The highest BCUT2D eigenvalue weighted by Gasteiger charge is 2.30. The zero-order valence-corrected chi connectivity index (χ0v) is 10.3. The van der Waals surface area contributed by atoms with E-state index < -0.39 is 17.5 Å². The number of hydrogen-bond acceptors (Lipinski definition) is 2. The largest absolute Gasteiger partial charge is 0.394 e. The number of rotatable bonds is 2. The van der Waals surface area contributed by atoms with Gasteiger partial charge in [0.2, 0.25) is 0 Å². The summed E-state index contributed by atoms with van der Waals surface area (Å²) in [5.74, 6) is -2.67. The van der Waals surface area contributed by atoms with Gasteiger partial charge < -0.3 is 10.0 Å². The Labute approximate surface area is 108 Å². The number of hydrogen-bond donors (Lipinski definition) is 1. The molecule has 0 bridgehead atoms. The molecule has 98 valence electrons. The Hall–Kier alpha value is -1.20. The van der Waals surface area contributed by atoms with E-state index in [-0.39, 0.29) is 23.2 Å². The van der Waals surface area contributed by atoms with Crippen LogP contribution in [0.2, 0.25) is 5.02 Å². The summed E-state index contributed by atoms with van der Waals surface area (Å²) >= 11 is 5.75. The lowest BCUT2D eigenvalue weighted by Gasteiger charge is -2.23. The number of benzene rings is 1. The van der Waals surface area contributed by atoms with Crippen molar-refractivity contribution in [3.63, 3.8) is 0 Å². The van der Waals surface area contributed by atoms with Crippen LogP contribution in [-0.4, -0.2) is 35.1 Å². The first kappa shape index (κ1) is 13.2. The zero-order chi connectivity index (χ0) is 13.3. The molecular weight excluding hydrogens is 264 g/mol. The fraction of sp³-hybridized carbons (Fsp3) is 0.417. The van der Waals surface area contributed by atoms with Gasteiger partial charge in [0.25, 0.3) is 5.91 Å². The molecular formula is C12H12ClF2NO2. The van der Waals surface area contributed by atoms with E-state index in [4.69, 9.17) is 16.7 Å². The highest BCUT2D eigenvalue weighted by atomic mass is 35.5. The van der Waals surface area contributed by atoms with Gasteiger partial charge in [-0.3, -0.25) is 4.79 Å². The number of halogens is 3. The van der Waals surface area contributed by atoms with E-state index in [1.54, 1.807) is 0 Å². The van der Waals surface area contributed by atoms with Crippen molar-refractivity contribution in [1.82, 2.24) is 4.90 Å². The molecule has 1 amide bonds. The average Bonchev–Trinajstić information content (AvgIpc) is 2.81. The van der Waals surface area contributed by atoms with Crippen LogP contribution in [0.5, 0.6) is 0 Å². The van der Waals surface area contributed by atoms with E-state index in [0.717, 1.165) is 18.6 Å². The van der Waals surface area contributed by atoms with Crippen LogP contribution < -0.4 is 0 Å². The molecule has 1 aliphatic heterocycles. The van der Waals surface area contributed by atoms with E-state index in [9.17, 15) is 13.6 Å². The van der Waals surface area contributed by atoms with Gasteiger partial charge in [0, 0.05) is 6.54 Å². The minimum atomic E-state index is -1.11. The molecule has 3 nitrogen and oxygen atoms in total. The molecule has 0 unspecified atom stereocenters. The van der Waals surface area contributed by atoms with Crippen LogP contribution in [0.1, 0.15) is 23.2 Å². The molecule has 1 aliphatic rings. The monoisotopic (exact) mass is 275 g/mol. The number of aliphatic hydroxyl groups is 1. The van der Waals surface area contributed by atoms with Crippen molar-refractivity contribution in [2.24, 2.45) is 0 Å². The standard InChI is InChI=1S/C12H12ClF2NO2/c13-9-5-11(15)10(14)4-8(9)12(18)16-3-1-2-7(16)6-17/h4-5,7,17H,1-3,6H2/t7-/m0/s1. The maximum absolute atomic E-state index is 13.1. The highest BCUT2D eigenvalue weighted by molar-refractivity contribution is 6.33. The van der Waals surface area contributed by atoms with E-state index in [2.05, 4.69) is 0 Å². The van der Waals surface area contributed by atoms with Crippen LogP contribution >= 0.6 is 11.6 Å². The van der Waals surface area contributed by atoms with Gasteiger partial charge in [0.15, 0.2) is 11.6 Å². The second-order valence-corrected chi connectivity index (χ2v) is 4.63. The Balaban J connectivity index is 2.31. The Morgan fingerprint density at radius 1 is 1.44 bits per heavy atom. The lowest BCUT2D eigenvalue weighted by molar-refractivity contribution is 0.0677. The Bertz CT molecular complexity index is 481. The Morgan fingerprint density at radius 3 is 2.78 bits per heavy atom. The van der Waals surface area contributed by atoms with Gasteiger partial charge in [0.05, 0.1) is 23.2 Å². The van der Waals surface area contributed by atoms with Crippen LogP contribution in [0.25, 0.3) is 0 Å². The van der Waals surface area contributed by atoms with Crippen LogP contribution in [0, 0.1) is 11.6 Å². The van der Waals surface area contributed by atoms with Crippen molar-refractivity contribution < 1.29 is 18.7 Å². The third-order valence-corrected chi connectivity index (χ3v) is 3.40. The van der Waals surface area contributed by atoms with Crippen LogP contribution in [0.15, 0.2) is 12.1 Å². The van der Waals surface area contributed by atoms with Crippen molar-refractivity contribution in [2.45, 2.75) is 18.9 Å². The quantitative estimate of drug-likeness (QED) is 0.841. The van der Waals surface area contributed by atoms with Gasteiger partial charge in [0.1, 0.15) is 0 Å². The SMILES string of the molecule is O=C(c1cc(F)c(F)cc1Cl)N1CCC[C@H]1CO. The molecule has 6 heteroatoms. The number of amides is 1. The highest BCUT2D eigenvalue weighted by Crippen LogP contribution is 2.25. The first-order valence-electron chi connectivity index (χ1n) is 5.61. The lowest BCUT2D eigenvalue weighted by Crippen LogP contribution is -2.37. The summed E-state index contributed by atoms with van der Waals surface area (Å²) in [6, 6.07) is 1.31. The third-order valence-electron chi connectivity index (χ3n) is 3.09. The Morgan fingerprint density at radius 2 is 2.11 bits per heavy atom. The summed E-state index contributed by atoms with van der Waals surface area (Å²) in [5, 5.41) is 9.02. The number of aliphatic hydroxyl groups excluding tert-OH is 1. The average molecular weight is 276 g/mol. The minimum absolute atomic E-state index is 0.0732. The van der Waals surface area contributed by atoms with Crippen molar-refractivity contribution in [1.29, 1.82) is 0 Å².